The van der Waals surface area contributed by atoms with E-state index >= 15 is 0 Å². The van der Waals surface area contributed by atoms with Crippen molar-refractivity contribution in [1.29, 1.82) is 0 Å². The Morgan fingerprint density at radius 3 is 2.12 bits per heavy atom. The molecule has 41 heavy (non-hydrogen) atoms. The first-order chi connectivity index (χ1) is 19.2. The van der Waals surface area contributed by atoms with Crippen molar-refractivity contribution in [2.24, 2.45) is 11.8 Å². The second kappa shape index (κ2) is 18.1. The van der Waals surface area contributed by atoms with Gasteiger partial charge in [0, 0.05) is 18.9 Å². The number of aromatic nitrogens is 1. The molecule has 1 rings (SSSR count). The van der Waals surface area contributed by atoms with Crippen LogP contribution < -0.4 is 16.0 Å². The van der Waals surface area contributed by atoms with Crippen LogP contribution in [0.2, 0.25) is 0 Å². The van der Waals surface area contributed by atoms with Gasteiger partial charge in [0.2, 0.25) is 11.8 Å². The summed E-state index contributed by atoms with van der Waals surface area (Å²) in [6, 6.07) is 0.581. The Labute approximate surface area is 245 Å². The Kier molecular flexibility index (Phi) is 16.1. The summed E-state index contributed by atoms with van der Waals surface area (Å²) in [5.74, 6) is -2.36. The number of sulfone groups is 1. The summed E-state index contributed by atoms with van der Waals surface area (Å²) in [6.07, 6.45) is 1.83. The number of rotatable bonds is 19. The molecule has 0 saturated heterocycles. The summed E-state index contributed by atoms with van der Waals surface area (Å²) in [7, 11) is -3.80. The fourth-order valence-electron chi connectivity index (χ4n) is 4.48. The number of nitrogens with zero attached hydrogens (tertiary/aromatic N) is 1. The van der Waals surface area contributed by atoms with Gasteiger partial charge in [0.05, 0.1) is 35.1 Å². The van der Waals surface area contributed by atoms with E-state index in [0.29, 0.717) is 32.2 Å². The van der Waals surface area contributed by atoms with Gasteiger partial charge in [-0.2, -0.15) is 0 Å². The zero-order valence-corrected chi connectivity index (χ0v) is 26.1. The van der Waals surface area contributed by atoms with Crippen molar-refractivity contribution in [1.82, 2.24) is 20.9 Å². The first-order valence-corrected chi connectivity index (χ1v) is 16.3. The number of aliphatic hydroxyl groups is 2. The Balaban J connectivity index is 3.23. The minimum Gasteiger partial charge on any atom is -0.390 e. The van der Waals surface area contributed by atoms with E-state index in [9.17, 15) is 33.0 Å². The molecule has 1 aromatic rings. The van der Waals surface area contributed by atoms with Crippen molar-refractivity contribution in [2.45, 2.75) is 110 Å². The van der Waals surface area contributed by atoms with Gasteiger partial charge in [0.25, 0.3) is 5.91 Å². The molecule has 0 fully saturated rings. The third-order valence-corrected chi connectivity index (χ3v) is 8.92. The second-order valence-corrected chi connectivity index (χ2v) is 13.8. The molecule has 0 aliphatic carbocycles. The fourth-order valence-corrected chi connectivity index (χ4v) is 6.64. The molecule has 0 aromatic carbocycles. The monoisotopic (exact) mass is 598 g/mol. The van der Waals surface area contributed by atoms with E-state index < -0.39 is 62.9 Å². The first-order valence-electron chi connectivity index (χ1n) is 14.6. The number of nitrogens with one attached hydrogen (secondary N) is 3. The van der Waals surface area contributed by atoms with Gasteiger partial charge in [-0.1, -0.05) is 54.4 Å². The molecule has 0 aliphatic rings. The predicted molar refractivity (Wildman–Crippen MR) is 159 cm³/mol. The molecular formula is C29H50N4O7S. The quantitative estimate of drug-likeness (QED) is 0.161. The molecule has 3 amide bonds. The Morgan fingerprint density at radius 1 is 0.976 bits per heavy atom. The lowest BCUT2D eigenvalue weighted by atomic mass is 9.94. The molecule has 234 valence electrons. The molecule has 1 aromatic heterocycles. The highest BCUT2D eigenvalue weighted by Crippen LogP contribution is 2.18. The lowest BCUT2D eigenvalue weighted by Gasteiger charge is -2.31. The fraction of sp³-hybridized carbons (Fsp3) is 0.724. The average Bonchev–Trinajstić information content (AvgIpc) is 2.90. The standard InChI is InChI=1S/C29H50N4O7S/c1-7-10-22(11-8-2)41(39,40)18-24(33-28(37)21-12-9-13-30-17-21)29(38)32-23(14-19(3)4)27(36)25(34)15-26(35)31-16-20(5)6/h9,12-13,17,19-20,22-25,27,34,36H,7-8,10-11,14-16,18H2,1-6H3,(H,31,35)(H,32,38)(H,33,37)/t23-,24?,25+,27+/m0/s1. The zero-order chi connectivity index (χ0) is 31.2. The average molecular weight is 599 g/mol. The van der Waals surface area contributed by atoms with E-state index in [1.807, 2.05) is 41.5 Å². The maximum Gasteiger partial charge on any atom is 0.253 e. The minimum atomic E-state index is -3.80. The van der Waals surface area contributed by atoms with Crippen molar-refractivity contribution in [2.75, 3.05) is 12.3 Å². The summed E-state index contributed by atoms with van der Waals surface area (Å²) in [5.41, 5.74) is 0.156. The minimum absolute atomic E-state index is 0.0254. The number of amides is 3. The molecule has 11 nitrogen and oxygen atoms in total. The van der Waals surface area contributed by atoms with Gasteiger partial charge in [-0.25, -0.2) is 8.42 Å². The molecule has 1 heterocycles. The zero-order valence-electron chi connectivity index (χ0n) is 25.3. The van der Waals surface area contributed by atoms with Gasteiger partial charge >= 0.3 is 0 Å². The van der Waals surface area contributed by atoms with Crippen LogP contribution in [0.1, 0.15) is 90.4 Å². The van der Waals surface area contributed by atoms with Crippen LogP contribution in [0.15, 0.2) is 24.5 Å². The van der Waals surface area contributed by atoms with Crippen molar-refractivity contribution < 1.29 is 33.0 Å². The largest absolute Gasteiger partial charge is 0.390 e. The number of carbonyl (C=O) groups is 3. The number of hydrogen-bond acceptors (Lipinski definition) is 8. The third-order valence-electron chi connectivity index (χ3n) is 6.64. The maximum atomic E-state index is 13.6. The van der Waals surface area contributed by atoms with E-state index in [4.69, 9.17) is 0 Å². The SMILES string of the molecule is CCCC(CCC)S(=O)(=O)CC(NC(=O)c1cccnc1)C(=O)N[C@@H](CC(C)C)[C@@H](O)[C@H](O)CC(=O)NCC(C)C. The van der Waals surface area contributed by atoms with Crippen molar-refractivity contribution in [3.05, 3.63) is 30.1 Å². The van der Waals surface area contributed by atoms with Gasteiger partial charge < -0.3 is 26.2 Å². The molecule has 0 radical (unpaired) electrons. The third kappa shape index (κ3) is 13.3. The summed E-state index contributed by atoms with van der Waals surface area (Å²) in [6.45, 7) is 11.8. The lowest BCUT2D eigenvalue weighted by Crippen LogP contribution is -2.57. The molecule has 0 bridgehead atoms. The molecule has 0 aliphatic heterocycles. The van der Waals surface area contributed by atoms with Gasteiger partial charge in [-0.15, -0.1) is 0 Å². The van der Waals surface area contributed by atoms with Crippen LogP contribution in [0.25, 0.3) is 0 Å². The molecule has 12 heteroatoms. The Morgan fingerprint density at radius 2 is 1.61 bits per heavy atom. The number of hydrogen-bond donors (Lipinski definition) is 5. The van der Waals surface area contributed by atoms with Gasteiger partial charge in [-0.05, 0) is 43.2 Å². The highest BCUT2D eigenvalue weighted by molar-refractivity contribution is 7.92. The lowest BCUT2D eigenvalue weighted by molar-refractivity contribution is -0.127. The number of aliphatic hydroxyl groups excluding tert-OH is 2. The van der Waals surface area contributed by atoms with Crippen LogP contribution in [-0.4, -0.2) is 83.2 Å². The smallest absolute Gasteiger partial charge is 0.253 e. The van der Waals surface area contributed by atoms with Crippen LogP contribution in [0, 0.1) is 11.8 Å². The first kappa shape index (κ1) is 36.5. The van der Waals surface area contributed by atoms with Crippen molar-refractivity contribution >= 4 is 27.6 Å². The van der Waals surface area contributed by atoms with E-state index in [1.54, 1.807) is 6.07 Å². The summed E-state index contributed by atoms with van der Waals surface area (Å²) >= 11 is 0. The van der Waals surface area contributed by atoms with Crippen LogP contribution in [-0.2, 0) is 19.4 Å². The van der Waals surface area contributed by atoms with E-state index in [0.717, 1.165) is 0 Å². The summed E-state index contributed by atoms with van der Waals surface area (Å²) < 4.78 is 26.8. The number of pyridine rings is 1. The molecule has 1 unspecified atom stereocenters. The highest BCUT2D eigenvalue weighted by Gasteiger charge is 2.36. The van der Waals surface area contributed by atoms with E-state index in [1.165, 1.54) is 18.5 Å². The van der Waals surface area contributed by atoms with Crippen molar-refractivity contribution in [3.63, 3.8) is 0 Å². The Bertz CT molecular complexity index is 1040. The van der Waals surface area contributed by atoms with Crippen LogP contribution in [0.3, 0.4) is 0 Å². The second-order valence-electron chi connectivity index (χ2n) is 11.5. The van der Waals surface area contributed by atoms with E-state index in [-0.39, 0.29) is 30.2 Å². The Hall–Kier alpha value is -2.57. The summed E-state index contributed by atoms with van der Waals surface area (Å²) in [5, 5.41) is 28.8. The van der Waals surface area contributed by atoms with Gasteiger partial charge in [-0.3, -0.25) is 19.4 Å². The van der Waals surface area contributed by atoms with Crippen molar-refractivity contribution in [3.8, 4) is 0 Å². The maximum absolute atomic E-state index is 13.6. The summed E-state index contributed by atoms with van der Waals surface area (Å²) in [4.78, 5) is 42.6. The molecule has 4 atom stereocenters. The van der Waals surface area contributed by atoms with Crippen LogP contribution in [0.4, 0.5) is 0 Å². The van der Waals surface area contributed by atoms with Crippen LogP contribution >= 0.6 is 0 Å². The molecular weight excluding hydrogens is 548 g/mol. The normalized spacial score (nSPS) is 14.9. The van der Waals surface area contributed by atoms with Gasteiger partial charge in [0.1, 0.15) is 12.1 Å². The number of carbonyl (C=O) groups excluding carboxylic acids is 3. The van der Waals surface area contributed by atoms with E-state index in [2.05, 4.69) is 20.9 Å². The van der Waals surface area contributed by atoms with Crippen LogP contribution in [0.5, 0.6) is 0 Å². The highest BCUT2D eigenvalue weighted by atomic mass is 32.2. The molecule has 0 saturated carbocycles. The molecule has 0 spiro atoms. The topological polar surface area (TPSA) is 175 Å². The predicted octanol–water partition coefficient (Wildman–Crippen LogP) is 1.98. The van der Waals surface area contributed by atoms with Gasteiger partial charge in [0.15, 0.2) is 9.84 Å². The molecule has 5 N–H and O–H groups in total.